The minimum atomic E-state index is -0.351. The molecular weight excluding hydrogens is 428 g/mol. The van der Waals surface area contributed by atoms with Crippen molar-refractivity contribution in [2.75, 3.05) is 25.3 Å². The summed E-state index contributed by atoms with van der Waals surface area (Å²) < 4.78 is 18.3. The molecule has 1 N–H and O–H groups in total. The van der Waals surface area contributed by atoms with Gasteiger partial charge in [-0.05, 0) is 43.3 Å². The van der Waals surface area contributed by atoms with Crippen LogP contribution in [0.4, 0.5) is 5.69 Å². The van der Waals surface area contributed by atoms with Crippen LogP contribution in [0, 0.1) is 0 Å². The number of hydrogen-bond donors (Lipinski definition) is 1. The van der Waals surface area contributed by atoms with Crippen LogP contribution in [0.5, 0.6) is 17.2 Å². The van der Waals surface area contributed by atoms with E-state index < -0.39 is 0 Å². The number of aromatic nitrogens is 3. The van der Waals surface area contributed by atoms with Crippen molar-refractivity contribution >= 4 is 23.4 Å². The highest BCUT2D eigenvalue weighted by atomic mass is 32.2. The number of hydrogen-bond acceptors (Lipinski definition) is 7. The Labute approximate surface area is 191 Å². The fourth-order valence-corrected chi connectivity index (χ4v) is 3.70. The summed E-state index contributed by atoms with van der Waals surface area (Å²) in [4.78, 5) is 12.4. The average molecular weight is 455 g/mol. The largest absolute Gasteiger partial charge is 0.497 e. The second-order valence-electron chi connectivity index (χ2n) is 6.74. The number of nitrogens with zero attached hydrogens (tertiary/aromatic N) is 3. The molecule has 1 amide bonds. The first-order valence-electron chi connectivity index (χ1n) is 9.95. The maximum Gasteiger partial charge on any atom is 0.234 e. The number of allylic oxidation sites excluding steroid dienone is 1. The molecular formula is C23H26N4O4S. The predicted molar refractivity (Wildman–Crippen MR) is 125 cm³/mol. The first-order chi connectivity index (χ1) is 15.5. The minimum Gasteiger partial charge on any atom is -0.497 e. The molecule has 0 radical (unpaired) electrons. The van der Waals surface area contributed by atoms with Gasteiger partial charge in [-0.25, -0.2) is 0 Å². The summed E-state index contributed by atoms with van der Waals surface area (Å²) >= 11 is 1.30. The van der Waals surface area contributed by atoms with Crippen molar-refractivity contribution in [3.63, 3.8) is 0 Å². The Morgan fingerprint density at radius 2 is 1.84 bits per heavy atom. The molecule has 1 unspecified atom stereocenters. The zero-order valence-corrected chi connectivity index (χ0v) is 19.1. The average Bonchev–Trinajstić information content (AvgIpc) is 3.21. The first kappa shape index (κ1) is 23.2. The van der Waals surface area contributed by atoms with Crippen LogP contribution in [0.2, 0.25) is 0 Å². The summed E-state index contributed by atoms with van der Waals surface area (Å²) in [5, 5.41) is 12.0. The number of ether oxygens (including phenoxy) is 3. The third kappa shape index (κ3) is 6.04. The molecule has 9 heteroatoms. The van der Waals surface area contributed by atoms with Crippen molar-refractivity contribution in [3.8, 4) is 17.2 Å². The molecule has 0 saturated heterocycles. The quantitative estimate of drug-likeness (QED) is 0.340. The monoisotopic (exact) mass is 454 g/mol. The molecule has 0 spiro atoms. The topological polar surface area (TPSA) is 87.5 Å². The van der Waals surface area contributed by atoms with Crippen LogP contribution in [0.1, 0.15) is 18.9 Å². The van der Waals surface area contributed by atoms with E-state index in [1.807, 2.05) is 54.0 Å². The van der Waals surface area contributed by atoms with Gasteiger partial charge in [-0.2, -0.15) is 0 Å². The number of amides is 1. The molecule has 0 aliphatic heterocycles. The van der Waals surface area contributed by atoms with Crippen molar-refractivity contribution in [3.05, 3.63) is 67.0 Å². The molecule has 2 aromatic carbocycles. The van der Waals surface area contributed by atoms with Crippen LogP contribution < -0.4 is 19.5 Å². The number of carbonyl (C=O) groups excluding carboxylic acids is 1. The van der Waals surface area contributed by atoms with Crippen LogP contribution in [0.25, 0.3) is 0 Å². The SMILES string of the molecule is C=CCn1c(SCC(=O)Nc2cccc(OC)c2)nnc1C(C)Oc1ccc(OC)cc1. The lowest BCUT2D eigenvalue weighted by Crippen LogP contribution is -2.15. The molecule has 8 nitrogen and oxygen atoms in total. The molecule has 32 heavy (non-hydrogen) atoms. The van der Waals surface area contributed by atoms with E-state index in [2.05, 4.69) is 22.1 Å². The van der Waals surface area contributed by atoms with Gasteiger partial charge in [-0.15, -0.1) is 16.8 Å². The standard InChI is InChI=1S/C23H26N4O4S/c1-5-13-27-22(16(2)31-19-11-9-18(29-3)10-12-19)25-26-23(27)32-15-21(28)24-17-7-6-8-20(14-17)30-4/h5-12,14,16H,1,13,15H2,2-4H3,(H,24,28). The fraction of sp³-hybridized carbons (Fsp3) is 0.261. The van der Waals surface area contributed by atoms with E-state index >= 15 is 0 Å². The molecule has 168 valence electrons. The van der Waals surface area contributed by atoms with Crippen LogP contribution >= 0.6 is 11.8 Å². The Bertz CT molecular complexity index is 1050. The number of nitrogens with one attached hydrogen (secondary N) is 1. The second-order valence-corrected chi connectivity index (χ2v) is 7.69. The third-order valence-electron chi connectivity index (χ3n) is 4.48. The minimum absolute atomic E-state index is 0.152. The van der Waals surface area contributed by atoms with Gasteiger partial charge in [-0.1, -0.05) is 23.9 Å². The van der Waals surface area contributed by atoms with Gasteiger partial charge < -0.3 is 19.5 Å². The molecule has 3 aromatic rings. The summed E-state index contributed by atoms with van der Waals surface area (Å²) in [5.41, 5.74) is 0.671. The Morgan fingerprint density at radius 3 is 2.53 bits per heavy atom. The van der Waals surface area contributed by atoms with Crippen molar-refractivity contribution in [1.82, 2.24) is 14.8 Å². The van der Waals surface area contributed by atoms with Gasteiger partial charge in [0.25, 0.3) is 0 Å². The van der Waals surface area contributed by atoms with E-state index in [-0.39, 0.29) is 17.8 Å². The fourth-order valence-electron chi connectivity index (χ4n) is 2.95. The molecule has 0 aliphatic rings. The van der Waals surface area contributed by atoms with E-state index in [1.54, 1.807) is 26.4 Å². The van der Waals surface area contributed by atoms with Gasteiger partial charge in [-0.3, -0.25) is 9.36 Å². The van der Waals surface area contributed by atoms with Crippen molar-refractivity contribution in [1.29, 1.82) is 0 Å². The maximum atomic E-state index is 12.4. The van der Waals surface area contributed by atoms with Gasteiger partial charge >= 0.3 is 0 Å². The zero-order chi connectivity index (χ0) is 22.9. The highest BCUT2D eigenvalue weighted by Gasteiger charge is 2.20. The van der Waals surface area contributed by atoms with Gasteiger partial charge in [0, 0.05) is 18.3 Å². The number of benzene rings is 2. The van der Waals surface area contributed by atoms with E-state index in [1.165, 1.54) is 11.8 Å². The molecule has 0 aliphatic carbocycles. The lowest BCUT2D eigenvalue weighted by atomic mass is 10.3. The lowest BCUT2D eigenvalue weighted by molar-refractivity contribution is -0.113. The number of rotatable bonds is 11. The van der Waals surface area contributed by atoms with Gasteiger partial charge in [0.15, 0.2) is 17.1 Å². The number of thioether (sulfide) groups is 1. The zero-order valence-electron chi connectivity index (χ0n) is 18.3. The summed E-state index contributed by atoms with van der Waals surface area (Å²) in [5.74, 6) is 2.80. The second kappa shape index (κ2) is 11.2. The summed E-state index contributed by atoms with van der Waals surface area (Å²) in [6.07, 6.45) is 1.41. The van der Waals surface area contributed by atoms with E-state index in [0.29, 0.717) is 34.7 Å². The van der Waals surface area contributed by atoms with Crippen LogP contribution in [-0.2, 0) is 11.3 Å². The summed E-state index contributed by atoms with van der Waals surface area (Å²) in [6.45, 7) is 6.22. The maximum absolute atomic E-state index is 12.4. The molecule has 1 heterocycles. The number of anilines is 1. The predicted octanol–water partition coefficient (Wildman–Crippen LogP) is 4.35. The molecule has 0 saturated carbocycles. The van der Waals surface area contributed by atoms with Crippen molar-refractivity contribution in [2.45, 2.75) is 24.7 Å². The Balaban J connectivity index is 1.65. The van der Waals surface area contributed by atoms with E-state index in [4.69, 9.17) is 14.2 Å². The van der Waals surface area contributed by atoms with E-state index in [9.17, 15) is 4.79 Å². The number of methoxy groups -OCH3 is 2. The Morgan fingerprint density at radius 1 is 1.12 bits per heavy atom. The van der Waals surface area contributed by atoms with Crippen LogP contribution in [0.3, 0.4) is 0 Å². The molecule has 3 rings (SSSR count). The van der Waals surface area contributed by atoms with Gasteiger partial charge in [0.2, 0.25) is 5.91 Å². The molecule has 0 bridgehead atoms. The molecule has 1 aromatic heterocycles. The Hall–Kier alpha value is -3.46. The van der Waals surface area contributed by atoms with Gasteiger partial charge in [0.05, 0.1) is 20.0 Å². The highest BCUT2D eigenvalue weighted by molar-refractivity contribution is 7.99. The van der Waals surface area contributed by atoms with E-state index in [0.717, 1.165) is 5.75 Å². The molecule has 0 fully saturated rings. The summed E-state index contributed by atoms with van der Waals surface area (Å²) in [7, 11) is 3.20. The van der Waals surface area contributed by atoms with Crippen LogP contribution in [-0.4, -0.2) is 40.6 Å². The van der Waals surface area contributed by atoms with Crippen LogP contribution in [0.15, 0.2) is 66.3 Å². The number of carbonyl (C=O) groups is 1. The summed E-state index contributed by atoms with van der Waals surface area (Å²) in [6, 6.07) is 14.5. The Kier molecular flexibility index (Phi) is 8.15. The third-order valence-corrected chi connectivity index (χ3v) is 5.45. The normalized spacial score (nSPS) is 11.5. The van der Waals surface area contributed by atoms with Crippen molar-refractivity contribution < 1.29 is 19.0 Å². The van der Waals surface area contributed by atoms with Gasteiger partial charge in [0.1, 0.15) is 17.2 Å². The first-order valence-corrected chi connectivity index (χ1v) is 10.9. The highest BCUT2D eigenvalue weighted by Crippen LogP contribution is 2.26. The van der Waals surface area contributed by atoms with Crippen molar-refractivity contribution in [2.24, 2.45) is 0 Å². The lowest BCUT2D eigenvalue weighted by Gasteiger charge is -2.16. The smallest absolute Gasteiger partial charge is 0.234 e. The molecule has 1 atom stereocenters.